The molecule has 0 bridgehead atoms. The first-order valence-corrected chi connectivity index (χ1v) is 7.17. The van der Waals surface area contributed by atoms with Crippen LogP contribution in [0.3, 0.4) is 0 Å². The van der Waals surface area contributed by atoms with Crippen LogP contribution >= 0.6 is 0 Å². The van der Waals surface area contributed by atoms with Crippen LogP contribution in [-0.4, -0.2) is 18.9 Å². The third-order valence-electron chi connectivity index (χ3n) is 3.52. The Balaban J connectivity index is 2.00. The number of aryl methyl sites for hydroxylation is 2. The van der Waals surface area contributed by atoms with Crippen LogP contribution in [0.1, 0.15) is 37.4 Å². The fraction of sp³-hybridized carbons (Fsp3) is 0.222. The highest BCUT2D eigenvalue weighted by Crippen LogP contribution is 2.11. The van der Waals surface area contributed by atoms with E-state index < -0.39 is 0 Å². The van der Waals surface area contributed by atoms with Crippen LogP contribution in [0, 0.1) is 13.8 Å². The molecule has 4 nitrogen and oxygen atoms in total. The molecule has 22 heavy (non-hydrogen) atoms. The van der Waals surface area contributed by atoms with Gasteiger partial charge in [-0.15, -0.1) is 0 Å². The van der Waals surface area contributed by atoms with Crippen LogP contribution < -0.4 is 10.6 Å². The van der Waals surface area contributed by atoms with Gasteiger partial charge < -0.3 is 10.6 Å². The van der Waals surface area contributed by atoms with Crippen molar-refractivity contribution in [1.29, 1.82) is 0 Å². The number of nitrogens with one attached hydrogen (secondary N) is 2. The molecule has 2 aromatic rings. The molecule has 2 rings (SSSR count). The van der Waals surface area contributed by atoms with Gasteiger partial charge in [-0.05, 0) is 43.2 Å². The summed E-state index contributed by atoms with van der Waals surface area (Å²) in [6.07, 6.45) is 0. The molecule has 114 valence electrons. The van der Waals surface area contributed by atoms with Crippen LogP contribution in [0.4, 0.5) is 0 Å². The quantitative estimate of drug-likeness (QED) is 0.911. The maximum atomic E-state index is 12.2. The third-order valence-corrected chi connectivity index (χ3v) is 3.52. The summed E-state index contributed by atoms with van der Waals surface area (Å²) in [5, 5.41) is 5.47. The van der Waals surface area contributed by atoms with Crippen molar-refractivity contribution in [3.8, 4) is 0 Å². The number of carbonyl (C=O) groups excluding carboxylic acids is 2. The highest BCUT2D eigenvalue weighted by molar-refractivity contribution is 5.95. The molecule has 2 aromatic carbocycles. The second-order valence-electron chi connectivity index (χ2n) is 5.28. The van der Waals surface area contributed by atoms with E-state index in [9.17, 15) is 9.59 Å². The average molecular weight is 296 g/mol. The largest absolute Gasteiger partial charge is 0.355 e. The summed E-state index contributed by atoms with van der Waals surface area (Å²) in [5.41, 5.74) is 4.34. The van der Waals surface area contributed by atoms with Crippen LogP contribution in [0.2, 0.25) is 0 Å². The molecule has 0 aliphatic rings. The Kier molecular flexibility index (Phi) is 4.94. The van der Waals surface area contributed by atoms with Gasteiger partial charge in [0.05, 0.1) is 0 Å². The summed E-state index contributed by atoms with van der Waals surface area (Å²) in [6, 6.07) is 12.9. The Labute approximate surface area is 130 Å². The Hall–Kier alpha value is -2.62. The van der Waals surface area contributed by atoms with E-state index in [2.05, 4.69) is 10.6 Å². The van der Waals surface area contributed by atoms with Crippen molar-refractivity contribution >= 4 is 11.8 Å². The Morgan fingerprint density at radius 3 is 2.23 bits per heavy atom. The minimum Gasteiger partial charge on any atom is -0.355 e. The van der Waals surface area contributed by atoms with Crippen molar-refractivity contribution in [2.75, 3.05) is 7.05 Å². The molecule has 0 aliphatic heterocycles. The molecule has 0 saturated carbocycles. The van der Waals surface area contributed by atoms with Crippen molar-refractivity contribution in [3.63, 3.8) is 0 Å². The van der Waals surface area contributed by atoms with Gasteiger partial charge in [-0.25, -0.2) is 0 Å². The van der Waals surface area contributed by atoms with Crippen LogP contribution in [0.25, 0.3) is 0 Å². The zero-order valence-corrected chi connectivity index (χ0v) is 13.1. The lowest BCUT2D eigenvalue weighted by atomic mass is 10.1. The van der Waals surface area contributed by atoms with Gasteiger partial charge >= 0.3 is 0 Å². The predicted molar refractivity (Wildman–Crippen MR) is 86.9 cm³/mol. The van der Waals surface area contributed by atoms with E-state index in [-0.39, 0.29) is 11.8 Å². The molecule has 0 unspecified atom stereocenters. The molecule has 0 fully saturated rings. The number of benzene rings is 2. The summed E-state index contributed by atoms with van der Waals surface area (Å²) in [5.74, 6) is -0.209. The van der Waals surface area contributed by atoms with E-state index in [1.807, 2.05) is 44.2 Å². The van der Waals surface area contributed by atoms with Gasteiger partial charge in [-0.1, -0.05) is 29.8 Å². The van der Waals surface area contributed by atoms with E-state index in [0.717, 1.165) is 16.7 Å². The van der Waals surface area contributed by atoms with Gasteiger partial charge in [-0.2, -0.15) is 0 Å². The lowest BCUT2D eigenvalue weighted by Gasteiger charge is -2.09. The normalized spacial score (nSPS) is 10.1. The van der Waals surface area contributed by atoms with E-state index >= 15 is 0 Å². The van der Waals surface area contributed by atoms with Crippen LogP contribution in [0.15, 0.2) is 42.5 Å². The number of rotatable bonds is 4. The second kappa shape index (κ2) is 6.89. The van der Waals surface area contributed by atoms with E-state index in [4.69, 9.17) is 0 Å². The van der Waals surface area contributed by atoms with Crippen LogP contribution in [-0.2, 0) is 6.54 Å². The van der Waals surface area contributed by atoms with Crippen molar-refractivity contribution in [2.45, 2.75) is 20.4 Å². The molecule has 0 radical (unpaired) electrons. The fourth-order valence-electron chi connectivity index (χ4n) is 2.26. The minimum atomic E-state index is -0.120. The molecule has 2 amide bonds. The lowest BCUT2D eigenvalue weighted by molar-refractivity contribution is 0.0945. The van der Waals surface area contributed by atoms with E-state index in [0.29, 0.717) is 17.7 Å². The topological polar surface area (TPSA) is 58.2 Å². The molecule has 2 N–H and O–H groups in total. The summed E-state index contributed by atoms with van der Waals surface area (Å²) >= 11 is 0. The first kappa shape index (κ1) is 15.8. The molecule has 0 heterocycles. The Bertz CT molecular complexity index is 691. The standard InChI is InChI=1S/C18H20N2O2/c1-12-4-9-16(13(2)10-12)18(22)20-11-14-5-7-15(8-6-14)17(21)19-3/h4-10H,11H2,1-3H3,(H,19,21)(H,20,22). The first-order valence-electron chi connectivity index (χ1n) is 7.17. The zero-order chi connectivity index (χ0) is 16.1. The molecule has 0 spiro atoms. The summed E-state index contributed by atoms with van der Waals surface area (Å²) in [4.78, 5) is 23.7. The van der Waals surface area contributed by atoms with Gasteiger partial charge in [0.25, 0.3) is 11.8 Å². The van der Waals surface area contributed by atoms with Crippen molar-refractivity contribution in [2.24, 2.45) is 0 Å². The minimum absolute atomic E-state index is 0.0899. The Morgan fingerprint density at radius 2 is 1.64 bits per heavy atom. The number of hydrogen-bond acceptors (Lipinski definition) is 2. The summed E-state index contributed by atoms with van der Waals surface area (Å²) in [7, 11) is 1.60. The van der Waals surface area contributed by atoms with E-state index in [1.54, 1.807) is 19.2 Å². The highest BCUT2D eigenvalue weighted by atomic mass is 16.2. The zero-order valence-electron chi connectivity index (χ0n) is 13.1. The maximum Gasteiger partial charge on any atom is 0.251 e. The van der Waals surface area contributed by atoms with Crippen molar-refractivity contribution in [1.82, 2.24) is 10.6 Å². The van der Waals surface area contributed by atoms with Gasteiger partial charge in [0.15, 0.2) is 0 Å². The second-order valence-corrected chi connectivity index (χ2v) is 5.28. The van der Waals surface area contributed by atoms with Gasteiger partial charge in [0, 0.05) is 24.7 Å². The van der Waals surface area contributed by atoms with Gasteiger partial charge in [0.2, 0.25) is 0 Å². The molecule has 0 saturated heterocycles. The summed E-state index contributed by atoms with van der Waals surface area (Å²) < 4.78 is 0. The summed E-state index contributed by atoms with van der Waals surface area (Å²) in [6.45, 7) is 4.36. The molecular weight excluding hydrogens is 276 g/mol. The lowest BCUT2D eigenvalue weighted by Crippen LogP contribution is -2.23. The molecule has 4 heteroatoms. The number of hydrogen-bond donors (Lipinski definition) is 2. The van der Waals surface area contributed by atoms with Gasteiger partial charge in [-0.3, -0.25) is 9.59 Å². The Morgan fingerprint density at radius 1 is 0.955 bits per heavy atom. The highest BCUT2D eigenvalue weighted by Gasteiger charge is 2.09. The molecule has 0 aliphatic carbocycles. The maximum absolute atomic E-state index is 12.2. The SMILES string of the molecule is CNC(=O)c1ccc(CNC(=O)c2ccc(C)cc2C)cc1. The number of amides is 2. The van der Waals surface area contributed by atoms with Crippen molar-refractivity contribution in [3.05, 3.63) is 70.3 Å². The third kappa shape index (κ3) is 3.73. The fourth-order valence-corrected chi connectivity index (χ4v) is 2.26. The smallest absolute Gasteiger partial charge is 0.251 e. The number of carbonyl (C=O) groups is 2. The van der Waals surface area contributed by atoms with Crippen molar-refractivity contribution < 1.29 is 9.59 Å². The monoisotopic (exact) mass is 296 g/mol. The van der Waals surface area contributed by atoms with Gasteiger partial charge in [0.1, 0.15) is 0 Å². The first-order chi connectivity index (χ1) is 10.5. The average Bonchev–Trinajstić information content (AvgIpc) is 2.52. The molecule has 0 atom stereocenters. The van der Waals surface area contributed by atoms with E-state index in [1.165, 1.54) is 0 Å². The predicted octanol–water partition coefficient (Wildman–Crippen LogP) is 2.59. The van der Waals surface area contributed by atoms with Crippen LogP contribution in [0.5, 0.6) is 0 Å². The molecule has 0 aromatic heterocycles. The molecular formula is C18H20N2O2.